The topological polar surface area (TPSA) is 105 Å². The Kier molecular flexibility index (Phi) is 8.24. The first-order valence-corrected chi connectivity index (χ1v) is 12.2. The van der Waals surface area contributed by atoms with Gasteiger partial charge in [-0.1, -0.05) is 6.42 Å². The Balaban J connectivity index is 1.42. The SMILES string of the molecule is COc1ccc(C(=O)NCCCC(=O)Nc2ccc(S(=O)(=O)N3CCCCC3)cc2)cc1. The van der Waals surface area contributed by atoms with Crippen LogP contribution in [-0.4, -0.2) is 51.3 Å². The number of nitrogens with one attached hydrogen (secondary N) is 2. The van der Waals surface area contributed by atoms with Gasteiger partial charge in [0.25, 0.3) is 5.91 Å². The Labute approximate surface area is 189 Å². The van der Waals surface area contributed by atoms with Crippen molar-refractivity contribution in [2.75, 3.05) is 32.1 Å². The molecule has 2 N–H and O–H groups in total. The molecule has 2 aromatic carbocycles. The highest BCUT2D eigenvalue weighted by atomic mass is 32.2. The van der Waals surface area contributed by atoms with Gasteiger partial charge in [0.05, 0.1) is 12.0 Å². The summed E-state index contributed by atoms with van der Waals surface area (Å²) in [4.78, 5) is 24.5. The van der Waals surface area contributed by atoms with Crippen molar-refractivity contribution in [1.82, 2.24) is 9.62 Å². The normalized spacial score (nSPS) is 14.5. The molecule has 0 aromatic heterocycles. The first kappa shape index (κ1) is 23.7. The van der Waals surface area contributed by atoms with Crippen molar-refractivity contribution < 1.29 is 22.7 Å². The van der Waals surface area contributed by atoms with E-state index in [-0.39, 0.29) is 23.1 Å². The van der Waals surface area contributed by atoms with Crippen molar-refractivity contribution in [2.45, 2.75) is 37.0 Å². The molecule has 1 heterocycles. The Morgan fingerprint density at radius 3 is 2.25 bits per heavy atom. The highest BCUT2D eigenvalue weighted by molar-refractivity contribution is 7.89. The molecule has 0 atom stereocenters. The number of methoxy groups -OCH3 is 1. The van der Waals surface area contributed by atoms with E-state index >= 15 is 0 Å². The predicted molar refractivity (Wildman–Crippen MR) is 122 cm³/mol. The van der Waals surface area contributed by atoms with Crippen molar-refractivity contribution in [3.05, 3.63) is 54.1 Å². The fraction of sp³-hybridized carbons (Fsp3) is 0.391. The standard InChI is InChI=1S/C23H29N3O5S/c1-31-20-11-7-18(8-12-20)23(28)24-15-5-6-22(27)25-19-9-13-21(14-10-19)32(29,30)26-16-3-2-4-17-26/h7-14H,2-6,15-17H2,1H3,(H,24,28)(H,25,27). The molecule has 1 aliphatic heterocycles. The lowest BCUT2D eigenvalue weighted by Crippen LogP contribution is -2.35. The van der Waals surface area contributed by atoms with Crippen molar-refractivity contribution in [2.24, 2.45) is 0 Å². The van der Waals surface area contributed by atoms with Gasteiger partial charge in [-0.15, -0.1) is 0 Å². The van der Waals surface area contributed by atoms with Crippen molar-refractivity contribution in [1.29, 1.82) is 0 Å². The van der Waals surface area contributed by atoms with Crippen LogP contribution in [0.4, 0.5) is 5.69 Å². The Bertz CT molecular complexity index is 1010. The van der Waals surface area contributed by atoms with Crippen LogP contribution in [0.15, 0.2) is 53.4 Å². The number of rotatable bonds is 9. The van der Waals surface area contributed by atoms with Gasteiger partial charge in [-0.3, -0.25) is 9.59 Å². The summed E-state index contributed by atoms with van der Waals surface area (Å²) in [7, 11) is -1.92. The summed E-state index contributed by atoms with van der Waals surface area (Å²) in [5.74, 6) is 0.268. The number of nitrogens with zero attached hydrogens (tertiary/aromatic N) is 1. The van der Waals surface area contributed by atoms with Gasteiger partial charge in [0.2, 0.25) is 15.9 Å². The predicted octanol–water partition coefficient (Wildman–Crippen LogP) is 3.02. The van der Waals surface area contributed by atoms with Crippen LogP contribution in [0.5, 0.6) is 5.75 Å². The molecule has 3 rings (SSSR count). The number of carbonyl (C=O) groups is 2. The quantitative estimate of drug-likeness (QED) is 0.561. The first-order chi connectivity index (χ1) is 15.4. The summed E-state index contributed by atoms with van der Waals surface area (Å²) in [5.41, 5.74) is 1.06. The maximum atomic E-state index is 12.7. The highest BCUT2D eigenvalue weighted by Crippen LogP contribution is 2.22. The van der Waals surface area contributed by atoms with Gasteiger partial charge in [-0.25, -0.2) is 8.42 Å². The number of carbonyl (C=O) groups excluding carboxylic acids is 2. The molecule has 172 valence electrons. The summed E-state index contributed by atoms with van der Waals surface area (Å²) in [6, 6.07) is 13.0. The lowest BCUT2D eigenvalue weighted by atomic mass is 10.2. The molecule has 9 heteroatoms. The van der Waals surface area contributed by atoms with Crippen LogP contribution >= 0.6 is 0 Å². The van der Waals surface area contributed by atoms with Crippen LogP contribution in [0.3, 0.4) is 0 Å². The van der Waals surface area contributed by atoms with Gasteiger partial charge in [0, 0.05) is 37.3 Å². The number of anilines is 1. The minimum absolute atomic E-state index is 0.199. The molecular weight excluding hydrogens is 430 g/mol. The number of hydrogen-bond donors (Lipinski definition) is 2. The molecule has 0 unspecified atom stereocenters. The number of ether oxygens (including phenoxy) is 1. The molecule has 1 saturated heterocycles. The van der Waals surface area contributed by atoms with E-state index in [2.05, 4.69) is 10.6 Å². The first-order valence-electron chi connectivity index (χ1n) is 10.7. The second-order valence-corrected chi connectivity index (χ2v) is 9.56. The van der Waals surface area contributed by atoms with Gasteiger partial charge in [-0.2, -0.15) is 4.31 Å². The van der Waals surface area contributed by atoms with Crippen LogP contribution in [0, 0.1) is 0 Å². The maximum absolute atomic E-state index is 12.7. The molecule has 1 fully saturated rings. The zero-order valence-corrected chi connectivity index (χ0v) is 19.0. The van der Waals surface area contributed by atoms with Crippen molar-refractivity contribution >= 4 is 27.5 Å². The van der Waals surface area contributed by atoms with Gasteiger partial charge < -0.3 is 15.4 Å². The summed E-state index contributed by atoms with van der Waals surface area (Å²) in [6.45, 7) is 1.47. The lowest BCUT2D eigenvalue weighted by Gasteiger charge is -2.25. The molecule has 0 radical (unpaired) electrons. The number of amides is 2. The van der Waals surface area contributed by atoms with E-state index < -0.39 is 10.0 Å². The molecule has 0 spiro atoms. The van der Waals surface area contributed by atoms with Crippen LogP contribution in [-0.2, 0) is 14.8 Å². The van der Waals surface area contributed by atoms with Gasteiger partial charge in [0.15, 0.2) is 0 Å². The average Bonchev–Trinajstić information content (AvgIpc) is 2.82. The Morgan fingerprint density at radius 1 is 0.969 bits per heavy atom. The van der Waals surface area contributed by atoms with E-state index in [1.165, 1.54) is 16.4 Å². The molecular formula is C23H29N3O5S. The summed E-state index contributed by atoms with van der Waals surface area (Å²) in [6.07, 6.45) is 3.54. The Morgan fingerprint density at radius 2 is 1.62 bits per heavy atom. The van der Waals surface area contributed by atoms with Crippen LogP contribution < -0.4 is 15.4 Å². The van der Waals surface area contributed by atoms with Crippen LogP contribution in [0.25, 0.3) is 0 Å². The van der Waals surface area contributed by atoms with Gasteiger partial charge in [-0.05, 0) is 67.8 Å². The van der Waals surface area contributed by atoms with Gasteiger partial charge >= 0.3 is 0 Å². The van der Waals surface area contributed by atoms with E-state index in [0.717, 1.165) is 19.3 Å². The molecule has 32 heavy (non-hydrogen) atoms. The third-order valence-corrected chi connectivity index (χ3v) is 7.22. The van der Waals surface area contributed by atoms with Gasteiger partial charge in [0.1, 0.15) is 5.75 Å². The van der Waals surface area contributed by atoms with E-state index in [0.29, 0.717) is 43.1 Å². The monoisotopic (exact) mass is 459 g/mol. The second-order valence-electron chi connectivity index (χ2n) is 7.63. The molecule has 2 amide bonds. The number of piperidine rings is 1. The number of hydrogen-bond acceptors (Lipinski definition) is 5. The van der Waals surface area contributed by atoms with E-state index in [1.54, 1.807) is 43.5 Å². The molecule has 1 aliphatic rings. The zero-order valence-electron chi connectivity index (χ0n) is 18.2. The minimum Gasteiger partial charge on any atom is -0.497 e. The third kappa shape index (κ3) is 6.30. The molecule has 0 saturated carbocycles. The largest absolute Gasteiger partial charge is 0.497 e. The summed E-state index contributed by atoms with van der Waals surface area (Å²) < 4.78 is 31.9. The fourth-order valence-electron chi connectivity index (χ4n) is 3.48. The lowest BCUT2D eigenvalue weighted by molar-refractivity contribution is -0.116. The summed E-state index contributed by atoms with van der Waals surface area (Å²) in [5, 5.41) is 5.54. The smallest absolute Gasteiger partial charge is 0.251 e. The Hall–Kier alpha value is -2.91. The molecule has 2 aromatic rings. The minimum atomic E-state index is -3.49. The van der Waals surface area contributed by atoms with Crippen LogP contribution in [0.2, 0.25) is 0 Å². The molecule has 0 bridgehead atoms. The van der Waals surface area contributed by atoms with E-state index in [9.17, 15) is 18.0 Å². The maximum Gasteiger partial charge on any atom is 0.251 e. The van der Waals surface area contributed by atoms with Crippen molar-refractivity contribution in [3.8, 4) is 5.75 Å². The third-order valence-electron chi connectivity index (χ3n) is 5.31. The average molecular weight is 460 g/mol. The molecule has 0 aliphatic carbocycles. The van der Waals surface area contributed by atoms with E-state index in [1.807, 2.05) is 0 Å². The number of sulfonamides is 1. The zero-order chi connectivity index (χ0) is 23.0. The number of benzene rings is 2. The second kappa shape index (κ2) is 11.1. The van der Waals surface area contributed by atoms with Crippen LogP contribution in [0.1, 0.15) is 42.5 Å². The van der Waals surface area contributed by atoms with E-state index in [4.69, 9.17) is 4.74 Å². The fourth-order valence-corrected chi connectivity index (χ4v) is 5.00. The highest BCUT2D eigenvalue weighted by Gasteiger charge is 2.25. The summed E-state index contributed by atoms with van der Waals surface area (Å²) >= 11 is 0. The molecule has 8 nitrogen and oxygen atoms in total. The van der Waals surface area contributed by atoms with Crippen molar-refractivity contribution in [3.63, 3.8) is 0 Å².